The lowest BCUT2D eigenvalue weighted by molar-refractivity contribution is 0.0698. The number of anilines is 1. The minimum atomic E-state index is -1.05. The fraction of sp³-hybridized carbons (Fsp3) is 0.0714. The van der Waals surface area contributed by atoms with E-state index in [1.54, 1.807) is 6.07 Å². The maximum atomic E-state index is 10.8. The number of carbonyl (C=O) groups is 1. The Hall–Kier alpha value is -2.01. The smallest absolute Gasteiger partial charge is 0.337 e. The number of carboxylic acid groups (broad SMARTS) is 1. The predicted octanol–water partition coefficient (Wildman–Crippen LogP) is 3.31. The van der Waals surface area contributed by atoms with Gasteiger partial charge in [-0.2, -0.15) is 0 Å². The molecule has 2 aromatic rings. The van der Waals surface area contributed by atoms with Crippen LogP contribution in [0, 0.1) is 0 Å². The SMILES string of the molecule is Nc1cc(OCc2cccc(Br)c2)ccc1C(=O)O. The Morgan fingerprint density at radius 1 is 1.26 bits per heavy atom. The molecule has 0 heterocycles. The monoisotopic (exact) mass is 321 g/mol. The third kappa shape index (κ3) is 3.48. The van der Waals surface area contributed by atoms with Crippen molar-refractivity contribution in [3.8, 4) is 5.75 Å². The number of nitrogens with two attached hydrogens (primary N) is 1. The number of ether oxygens (including phenoxy) is 1. The maximum absolute atomic E-state index is 10.8. The second kappa shape index (κ2) is 5.75. The van der Waals surface area contributed by atoms with E-state index in [2.05, 4.69) is 15.9 Å². The molecule has 4 nitrogen and oxygen atoms in total. The molecule has 98 valence electrons. The van der Waals surface area contributed by atoms with Crippen molar-refractivity contribution >= 4 is 27.6 Å². The highest BCUT2D eigenvalue weighted by Crippen LogP contribution is 2.21. The van der Waals surface area contributed by atoms with Crippen LogP contribution in [0.1, 0.15) is 15.9 Å². The Morgan fingerprint density at radius 3 is 2.68 bits per heavy atom. The summed E-state index contributed by atoms with van der Waals surface area (Å²) in [5.41, 5.74) is 6.93. The second-order valence-corrected chi connectivity index (χ2v) is 4.89. The molecular weight excluding hydrogens is 310 g/mol. The van der Waals surface area contributed by atoms with Gasteiger partial charge in [-0.3, -0.25) is 0 Å². The summed E-state index contributed by atoms with van der Waals surface area (Å²) in [5, 5.41) is 8.87. The molecule has 2 rings (SSSR count). The lowest BCUT2D eigenvalue weighted by Crippen LogP contribution is -2.03. The van der Waals surface area contributed by atoms with Gasteiger partial charge in [0.25, 0.3) is 0 Å². The quantitative estimate of drug-likeness (QED) is 0.847. The molecule has 19 heavy (non-hydrogen) atoms. The zero-order valence-electron chi connectivity index (χ0n) is 9.97. The van der Waals surface area contributed by atoms with Crippen molar-refractivity contribution in [2.24, 2.45) is 0 Å². The van der Waals surface area contributed by atoms with Gasteiger partial charge >= 0.3 is 5.97 Å². The fourth-order valence-electron chi connectivity index (χ4n) is 1.62. The van der Waals surface area contributed by atoms with E-state index in [0.717, 1.165) is 10.0 Å². The molecular formula is C14H12BrNO3. The predicted molar refractivity (Wildman–Crippen MR) is 76.3 cm³/mol. The van der Waals surface area contributed by atoms with Gasteiger partial charge in [-0.1, -0.05) is 28.1 Å². The molecule has 0 aliphatic carbocycles. The van der Waals surface area contributed by atoms with Gasteiger partial charge in [-0.25, -0.2) is 4.79 Å². The molecule has 0 saturated carbocycles. The number of nitrogen functional groups attached to an aromatic ring is 1. The summed E-state index contributed by atoms with van der Waals surface area (Å²) in [7, 11) is 0. The van der Waals surface area contributed by atoms with Crippen LogP contribution in [0.2, 0.25) is 0 Å². The highest BCUT2D eigenvalue weighted by Gasteiger charge is 2.08. The van der Waals surface area contributed by atoms with E-state index < -0.39 is 5.97 Å². The van der Waals surface area contributed by atoms with E-state index >= 15 is 0 Å². The lowest BCUT2D eigenvalue weighted by Gasteiger charge is -2.08. The number of aromatic carboxylic acids is 1. The third-order valence-electron chi connectivity index (χ3n) is 2.55. The number of hydrogen-bond acceptors (Lipinski definition) is 3. The first-order chi connectivity index (χ1) is 9.06. The summed E-state index contributed by atoms with van der Waals surface area (Å²) in [6.07, 6.45) is 0. The van der Waals surface area contributed by atoms with Gasteiger partial charge in [0.15, 0.2) is 0 Å². The maximum Gasteiger partial charge on any atom is 0.337 e. The molecule has 0 bridgehead atoms. The first-order valence-corrected chi connectivity index (χ1v) is 6.35. The van der Waals surface area contributed by atoms with Crippen molar-refractivity contribution in [2.45, 2.75) is 6.61 Å². The molecule has 0 unspecified atom stereocenters. The lowest BCUT2D eigenvalue weighted by atomic mass is 10.2. The van der Waals surface area contributed by atoms with Crippen LogP contribution < -0.4 is 10.5 Å². The number of carboxylic acids is 1. The third-order valence-corrected chi connectivity index (χ3v) is 3.04. The molecule has 0 fully saturated rings. The van der Waals surface area contributed by atoms with Crippen LogP contribution >= 0.6 is 15.9 Å². The highest BCUT2D eigenvalue weighted by atomic mass is 79.9. The van der Waals surface area contributed by atoms with E-state index in [9.17, 15) is 4.79 Å². The Bertz CT molecular complexity index is 613. The van der Waals surface area contributed by atoms with Gasteiger partial charge < -0.3 is 15.6 Å². The number of halogens is 1. The topological polar surface area (TPSA) is 72.5 Å². The molecule has 5 heteroatoms. The number of rotatable bonds is 4. The molecule has 0 aliphatic rings. The van der Waals surface area contributed by atoms with Crippen LogP contribution in [-0.4, -0.2) is 11.1 Å². The summed E-state index contributed by atoms with van der Waals surface area (Å²) < 4.78 is 6.55. The van der Waals surface area contributed by atoms with Gasteiger partial charge in [0, 0.05) is 16.2 Å². The largest absolute Gasteiger partial charge is 0.489 e. The molecule has 0 aromatic heterocycles. The van der Waals surface area contributed by atoms with Crippen LogP contribution in [0.4, 0.5) is 5.69 Å². The molecule has 0 saturated heterocycles. The van der Waals surface area contributed by atoms with Crippen LogP contribution in [0.15, 0.2) is 46.9 Å². The van der Waals surface area contributed by atoms with Gasteiger partial charge in [-0.05, 0) is 29.8 Å². The zero-order valence-corrected chi connectivity index (χ0v) is 11.6. The standard InChI is InChI=1S/C14H12BrNO3/c15-10-3-1-2-9(6-10)8-19-11-4-5-12(14(17)18)13(16)7-11/h1-7H,8,16H2,(H,17,18). The Labute approximate surface area is 118 Å². The van der Waals surface area contributed by atoms with Crippen molar-refractivity contribution in [3.05, 3.63) is 58.1 Å². The van der Waals surface area contributed by atoms with Crippen LogP contribution in [-0.2, 0) is 6.61 Å². The molecule has 2 aromatic carbocycles. The van der Waals surface area contributed by atoms with Crippen LogP contribution in [0.5, 0.6) is 5.75 Å². The van der Waals surface area contributed by atoms with Gasteiger partial charge in [-0.15, -0.1) is 0 Å². The number of benzene rings is 2. The molecule has 0 amide bonds. The normalized spacial score (nSPS) is 10.2. The average Bonchev–Trinajstić information content (AvgIpc) is 2.36. The molecule has 3 N–H and O–H groups in total. The molecule has 0 spiro atoms. The zero-order chi connectivity index (χ0) is 13.8. The Morgan fingerprint density at radius 2 is 2.05 bits per heavy atom. The van der Waals surface area contributed by atoms with E-state index in [1.165, 1.54) is 12.1 Å². The van der Waals surface area contributed by atoms with Crippen molar-refractivity contribution in [1.82, 2.24) is 0 Å². The highest BCUT2D eigenvalue weighted by molar-refractivity contribution is 9.10. The van der Waals surface area contributed by atoms with Gasteiger partial charge in [0.1, 0.15) is 12.4 Å². The molecule has 0 radical (unpaired) electrons. The fourth-order valence-corrected chi connectivity index (χ4v) is 2.07. The van der Waals surface area contributed by atoms with Gasteiger partial charge in [0.2, 0.25) is 0 Å². The minimum Gasteiger partial charge on any atom is -0.489 e. The van der Waals surface area contributed by atoms with E-state index in [0.29, 0.717) is 12.4 Å². The second-order valence-electron chi connectivity index (χ2n) is 3.97. The summed E-state index contributed by atoms with van der Waals surface area (Å²) in [6.45, 7) is 0.394. The van der Waals surface area contributed by atoms with E-state index in [-0.39, 0.29) is 11.3 Å². The van der Waals surface area contributed by atoms with Crippen LogP contribution in [0.3, 0.4) is 0 Å². The van der Waals surface area contributed by atoms with Crippen molar-refractivity contribution in [3.63, 3.8) is 0 Å². The minimum absolute atomic E-state index is 0.0785. The van der Waals surface area contributed by atoms with E-state index in [1.807, 2.05) is 24.3 Å². The summed E-state index contributed by atoms with van der Waals surface area (Å²) >= 11 is 3.38. The average molecular weight is 322 g/mol. The number of hydrogen-bond donors (Lipinski definition) is 2. The molecule has 0 aliphatic heterocycles. The van der Waals surface area contributed by atoms with Crippen molar-refractivity contribution in [2.75, 3.05) is 5.73 Å². The summed E-state index contributed by atoms with van der Waals surface area (Å²) in [6, 6.07) is 12.3. The first kappa shape index (κ1) is 13.4. The van der Waals surface area contributed by atoms with Gasteiger partial charge in [0.05, 0.1) is 5.56 Å². The summed E-state index contributed by atoms with van der Waals surface area (Å²) in [5.74, 6) is -0.501. The Balaban J connectivity index is 2.08. The first-order valence-electron chi connectivity index (χ1n) is 5.56. The molecule has 0 atom stereocenters. The van der Waals surface area contributed by atoms with Crippen molar-refractivity contribution in [1.29, 1.82) is 0 Å². The summed E-state index contributed by atoms with van der Waals surface area (Å²) in [4.78, 5) is 10.8. The van der Waals surface area contributed by atoms with Crippen molar-refractivity contribution < 1.29 is 14.6 Å². The van der Waals surface area contributed by atoms with E-state index in [4.69, 9.17) is 15.6 Å². The van der Waals surface area contributed by atoms with Crippen LogP contribution in [0.25, 0.3) is 0 Å². The Kier molecular flexibility index (Phi) is 4.06.